The van der Waals surface area contributed by atoms with Gasteiger partial charge in [0.25, 0.3) is 0 Å². The summed E-state index contributed by atoms with van der Waals surface area (Å²) in [6, 6.07) is 16.2. The van der Waals surface area contributed by atoms with Crippen LogP contribution in [0.2, 0.25) is 0 Å². The lowest BCUT2D eigenvalue weighted by Gasteiger charge is -2.09. The molecule has 0 fully saturated rings. The first-order valence-corrected chi connectivity index (χ1v) is 6.83. The highest BCUT2D eigenvalue weighted by Gasteiger charge is 2.11. The van der Waals surface area contributed by atoms with E-state index in [4.69, 9.17) is 0 Å². The highest BCUT2D eigenvalue weighted by Crippen LogP contribution is 2.30. The number of aromatic nitrogens is 2. The fourth-order valence-corrected chi connectivity index (χ4v) is 2.22. The summed E-state index contributed by atoms with van der Waals surface area (Å²) in [5.74, 6) is -0.0681. The highest BCUT2D eigenvalue weighted by molar-refractivity contribution is 5.78. The Morgan fingerprint density at radius 2 is 1.19 bits per heavy atom. The lowest BCUT2D eigenvalue weighted by atomic mass is 10.0. The highest BCUT2D eigenvalue weighted by atomic mass is 16.3. The van der Waals surface area contributed by atoms with Crippen molar-refractivity contribution in [3.05, 3.63) is 65.9 Å². The molecule has 2 aromatic carbocycles. The van der Waals surface area contributed by atoms with Crippen LogP contribution in [0.3, 0.4) is 0 Å². The van der Waals surface area contributed by atoms with Crippen LogP contribution in [0.4, 0.5) is 0 Å². The number of hydrogen-bond acceptors (Lipinski definition) is 3. The van der Waals surface area contributed by atoms with E-state index in [1.165, 1.54) is 17.3 Å². The summed E-state index contributed by atoms with van der Waals surface area (Å²) < 4.78 is 0. The lowest BCUT2D eigenvalue weighted by Crippen LogP contribution is -1.93. The van der Waals surface area contributed by atoms with Crippen molar-refractivity contribution < 1.29 is 5.11 Å². The van der Waals surface area contributed by atoms with Crippen molar-refractivity contribution in [3.8, 4) is 28.4 Å². The zero-order valence-electron chi connectivity index (χ0n) is 12.0. The fraction of sp³-hybridized carbons (Fsp3) is 0.111. The van der Waals surface area contributed by atoms with Crippen molar-refractivity contribution in [2.24, 2.45) is 0 Å². The molecule has 0 saturated carbocycles. The smallest absolute Gasteiger partial charge is 0.230 e. The topological polar surface area (TPSA) is 46.0 Å². The van der Waals surface area contributed by atoms with Crippen LogP contribution in [-0.2, 0) is 0 Å². The van der Waals surface area contributed by atoms with Gasteiger partial charge in [0.05, 0.1) is 11.9 Å². The Labute approximate surface area is 124 Å². The summed E-state index contributed by atoms with van der Waals surface area (Å²) in [5.41, 5.74) is 5.78. The number of rotatable bonds is 2. The molecular formula is C18H16N2O. The van der Waals surface area contributed by atoms with Crippen molar-refractivity contribution in [2.45, 2.75) is 13.8 Å². The molecule has 0 aliphatic rings. The largest absolute Gasteiger partial charge is 0.492 e. The Hall–Kier alpha value is -2.68. The average Bonchev–Trinajstić information content (AvgIpc) is 2.49. The van der Waals surface area contributed by atoms with Gasteiger partial charge in [-0.3, -0.25) is 0 Å². The number of aromatic hydroxyl groups is 1. The number of benzene rings is 2. The molecule has 0 bridgehead atoms. The first-order chi connectivity index (χ1) is 10.1. The van der Waals surface area contributed by atoms with Gasteiger partial charge in [0.1, 0.15) is 5.69 Å². The van der Waals surface area contributed by atoms with E-state index in [0.717, 1.165) is 16.8 Å². The van der Waals surface area contributed by atoms with Crippen molar-refractivity contribution in [1.82, 2.24) is 9.97 Å². The van der Waals surface area contributed by atoms with Crippen LogP contribution in [0.25, 0.3) is 22.5 Å². The summed E-state index contributed by atoms with van der Waals surface area (Å²) in [7, 11) is 0. The van der Waals surface area contributed by atoms with Gasteiger partial charge in [-0.1, -0.05) is 59.7 Å². The molecule has 0 radical (unpaired) electrons. The van der Waals surface area contributed by atoms with Crippen LogP contribution in [0, 0.1) is 13.8 Å². The molecule has 3 nitrogen and oxygen atoms in total. The molecule has 3 aromatic rings. The minimum absolute atomic E-state index is 0.0681. The molecule has 0 atom stereocenters. The second-order valence-corrected chi connectivity index (χ2v) is 5.16. The monoisotopic (exact) mass is 276 g/mol. The molecular weight excluding hydrogens is 260 g/mol. The van der Waals surface area contributed by atoms with Gasteiger partial charge in [-0.25, -0.2) is 9.97 Å². The molecule has 0 spiro atoms. The van der Waals surface area contributed by atoms with E-state index in [1.807, 2.05) is 62.4 Å². The molecule has 3 rings (SSSR count). The molecule has 0 amide bonds. The molecule has 1 heterocycles. The molecule has 0 aliphatic heterocycles. The van der Waals surface area contributed by atoms with Crippen LogP contribution in [0.1, 0.15) is 11.1 Å². The third-order valence-corrected chi connectivity index (χ3v) is 3.41. The molecule has 0 saturated heterocycles. The molecule has 1 N–H and O–H groups in total. The number of nitrogens with zero attached hydrogens (tertiary/aromatic N) is 2. The molecule has 21 heavy (non-hydrogen) atoms. The second-order valence-electron chi connectivity index (χ2n) is 5.16. The van der Waals surface area contributed by atoms with Gasteiger partial charge in [-0.15, -0.1) is 0 Å². The second kappa shape index (κ2) is 5.37. The fourth-order valence-electron chi connectivity index (χ4n) is 2.22. The quantitative estimate of drug-likeness (QED) is 0.765. The van der Waals surface area contributed by atoms with E-state index in [-0.39, 0.29) is 5.88 Å². The maximum absolute atomic E-state index is 9.67. The van der Waals surface area contributed by atoms with Gasteiger partial charge < -0.3 is 5.11 Å². The van der Waals surface area contributed by atoms with Crippen LogP contribution >= 0.6 is 0 Å². The van der Waals surface area contributed by atoms with Crippen LogP contribution in [0.5, 0.6) is 5.88 Å². The van der Waals surface area contributed by atoms with Gasteiger partial charge in [0.2, 0.25) is 5.88 Å². The predicted octanol–water partition coefficient (Wildman–Crippen LogP) is 4.13. The van der Waals surface area contributed by atoms with Crippen LogP contribution < -0.4 is 0 Å². The van der Waals surface area contributed by atoms with E-state index in [1.54, 1.807) is 0 Å². The zero-order chi connectivity index (χ0) is 14.8. The van der Waals surface area contributed by atoms with Crippen LogP contribution in [0.15, 0.2) is 54.7 Å². The standard InChI is InChI=1S/C18H16N2O/c1-12-3-7-14(8-4-12)17-18(20-16(21)11-19-17)15-9-5-13(2)6-10-15/h3-11H,1-2H3,(H,20,21). The van der Waals surface area contributed by atoms with Gasteiger partial charge >= 0.3 is 0 Å². The summed E-state index contributed by atoms with van der Waals surface area (Å²) >= 11 is 0. The third-order valence-electron chi connectivity index (χ3n) is 3.41. The van der Waals surface area contributed by atoms with Gasteiger partial charge in [-0.05, 0) is 13.8 Å². The Balaban J connectivity index is 2.17. The predicted molar refractivity (Wildman–Crippen MR) is 84.0 cm³/mol. The SMILES string of the molecule is Cc1ccc(-c2ncc(O)nc2-c2ccc(C)cc2)cc1. The Morgan fingerprint density at radius 1 is 0.714 bits per heavy atom. The molecule has 3 heteroatoms. The summed E-state index contributed by atoms with van der Waals surface area (Å²) in [6.07, 6.45) is 1.38. The maximum Gasteiger partial charge on any atom is 0.230 e. The molecule has 1 aromatic heterocycles. The van der Waals surface area contributed by atoms with Crippen molar-refractivity contribution in [1.29, 1.82) is 0 Å². The van der Waals surface area contributed by atoms with E-state index in [9.17, 15) is 5.11 Å². The average molecular weight is 276 g/mol. The van der Waals surface area contributed by atoms with Gasteiger partial charge in [0.15, 0.2) is 0 Å². The van der Waals surface area contributed by atoms with E-state index in [2.05, 4.69) is 9.97 Å². The Morgan fingerprint density at radius 3 is 1.71 bits per heavy atom. The third kappa shape index (κ3) is 2.77. The van der Waals surface area contributed by atoms with Crippen molar-refractivity contribution in [3.63, 3.8) is 0 Å². The summed E-state index contributed by atoms with van der Waals surface area (Å²) in [6.45, 7) is 4.09. The zero-order valence-corrected chi connectivity index (χ0v) is 12.0. The van der Waals surface area contributed by atoms with E-state index >= 15 is 0 Å². The maximum atomic E-state index is 9.67. The van der Waals surface area contributed by atoms with Crippen molar-refractivity contribution >= 4 is 0 Å². The summed E-state index contributed by atoms with van der Waals surface area (Å²) in [5, 5.41) is 9.67. The van der Waals surface area contributed by atoms with Gasteiger partial charge in [0, 0.05) is 11.1 Å². The lowest BCUT2D eigenvalue weighted by molar-refractivity contribution is 0.451. The van der Waals surface area contributed by atoms with Crippen molar-refractivity contribution in [2.75, 3.05) is 0 Å². The summed E-state index contributed by atoms with van der Waals surface area (Å²) in [4.78, 5) is 8.63. The van der Waals surface area contributed by atoms with E-state index < -0.39 is 0 Å². The Bertz CT molecular complexity index is 762. The first-order valence-electron chi connectivity index (χ1n) is 6.83. The first kappa shape index (κ1) is 13.3. The molecule has 104 valence electrons. The minimum atomic E-state index is -0.0681. The van der Waals surface area contributed by atoms with Crippen LogP contribution in [-0.4, -0.2) is 15.1 Å². The molecule has 0 aliphatic carbocycles. The minimum Gasteiger partial charge on any atom is -0.492 e. The van der Waals surface area contributed by atoms with E-state index in [0.29, 0.717) is 5.69 Å². The Kier molecular flexibility index (Phi) is 3.40. The van der Waals surface area contributed by atoms with Gasteiger partial charge in [-0.2, -0.15) is 0 Å². The number of aryl methyl sites for hydroxylation is 2. The number of hydrogen-bond donors (Lipinski definition) is 1. The normalized spacial score (nSPS) is 10.6. The molecule has 0 unspecified atom stereocenters.